The maximum Gasteiger partial charge on any atom is 0.255 e. The van der Waals surface area contributed by atoms with Gasteiger partial charge in [0.1, 0.15) is 11.6 Å². The van der Waals surface area contributed by atoms with Crippen molar-refractivity contribution in [1.29, 1.82) is 0 Å². The van der Waals surface area contributed by atoms with Gasteiger partial charge in [-0.2, -0.15) is 0 Å². The van der Waals surface area contributed by atoms with Crippen LogP contribution in [0.2, 0.25) is 5.02 Å². The van der Waals surface area contributed by atoms with Gasteiger partial charge in [0.15, 0.2) is 0 Å². The van der Waals surface area contributed by atoms with E-state index in [1.165, 1.54) is 6.07 Å². The summed E-state index contributed by atoms with van der Waals surface area (Å²) in [6.45, 7) is 3.84. The standard InChI is InChI=1S/C15H16ClN3O2/c1-9-17-14-4-5-19(8-12(14)15(21)18-9)7-10-2-3-11(20)6-13(10)16/h2-3,6,20H,4-5,7-8H2,1H3,(H,17,18,21). The second kappa shape index (κ2) is 5.50. The molecule has 6 heteroatoms. The van der Waals surface area contributed by atoms with Gasteiger partial charge in [0.25, 0.3) is 5.56 Å². The monoisotopic (exact) mass is 305 g/mol. The van der Waals surface area contributed by atoms with Crippen LogP contribution in [0.5, 0.6) is 5.75 Å². The van der Waals surface area contributed by atoms with Crippen molar-refractivity contribution in [2.45, 2.75) is 26.4 Å². The third-order valence-corrected chi connectivity index (χ3v) is 4.05. The Morgan fingerprint density at radius 2 is 2.29 bits per heavy atom. The van der Waals surface area contributed by atoms with Crippen molar-refractivity contribution in [3.8, 4) is 5.75 Å². The Morgan fingerprint density at radius 1 is 1.48 bits per heavy atom. The van der Waals surface area contributed by atoms with E-state index in [9.17, 15) is 9.90 Å². The van der Waals surface area contributed by atoms with Crippen molar-refractivity contribution >= 4 is 11.6 Å². The Balaban J connectivity index is 1.82. The number of halogens is 1. The molecular formula is C15H16ClN3O2. The minimum atomic E-state index is -0.0565. The molecule has 2 heterocycles. The molecule has 1 aliphatic rings. The summed E-state index contributed by atoms with van der Waals surface area (Å²) in [4.78, 5) is 21.3. The van der Waals surface area contributed by atoms with Crippen LogP contribution in [0, 0.1) is 6.92 Å². The fourth-order valence-electron chi connectivity index (χ4n) is 2.65. The maximum atomic E-state index is 12.0. The maximum absolute atomic E-state index is 12.0. The largest absolute Gasteiger partial charge is 0.508 e. The van der Waals surface area contributed by atoms with Crippen LogP contribution in [-0.4, -0.2) is 26.5 Å². The number of hydrogen-bond acceptors (Lipinski definition) is 4. The quantitative estimate of drug-likeness (QED) is 0.890. The summed E-state index contributed by atoms with van der Waals surface area (Å²) < 4.78 is 0. The van der Waals surface area contributed by atoms with E-state index in [-0.39, 0.29) is 11.3 Å². The van der Waals surface area contributed by atoms with Crippen LogP contribution in [-0.2, 0) is 19.5 Å². The molecule has 0 atom stereocenters. The Bertz CT molecular complexity index is 742. The number of rotatable bonds is 2. The van der Waals surface area contributed by atoms with Crippen LogP contribution in [0.15, 0.2) is 23.0 Å². The predicted molar refractivity (Wildman–Crippen MR) is 80.5 cm³/mol. The van der Waals surface area contributed by atoms with E-state index < -0.39 is 0 Å². The summed E-state index contributed by atoms with van der Waals surface area (Å²) in [5, 5.41) is 9.92. The Kier molecular flexibility index (Phi) is 3.69. The lowest BCUT2D eigenvalue weighted by Gasteiger charge is -2.27. The minimum Gasteiger partial charge on any atom is -0.508 e. The van der Waals surface area contributed by atoms with E-state index in [0.29, 0.717) is 23.9 Å². The minimum absolute atomic E-state index is 0.0565. The molecular weight excluding hydrogens is 290 g/mol. The van der Waals surface area contributed by atoms with E-state index >= 15 is 0 Å². The number of aromatic amines is 1. The summed E-state index contributed by atoms with van der Waals surface area (Å²) in [5.41, 5.74) is 2.51. The van der Waals surface area contributed by atoms with E-state index in [4.69, 9.17) is 11.6 Å². The number of hydrogen-bond donors (Lipinski definition) is 2. The SMILES string of the molecule is Cc1nc2c(c(=O)[nH]1)CN(Cc1ccc(O)cc1Cl)CC2. The average Bonchev–Trinajstić information content (AvgIpc) is 2.42. The zero-order chi connectivity index (χ0) is 15.0. The van der Waals surface area contributed by atoms with Crippen LogP contribution in [0.25, 0.3) is 0 Å². The number of aromatic nitrogens is 2. The van der Waals surface area contributed by atoms with Gasteiger partial charge in [0, 0.05) is 31.1 Å². The van der Waals surface area contributed by atoms with Gasteiger partial charge in [-0.15, -0.1) is 0 Å². The molecule has 0 spiro atoms. The topological polar surface area (TPSA) is 69.2 Å². The molecule has 0 bridgehead atoms. The highest BCUT2D eigenvalue weighted by molar-refractivity contribution is 6.31. The van der Waals surface area contributed by atoms with Crippen LogP contribution in [0.3, 0.4) is 0 Å². The smallest absolute Gasteiger partial charge is 0.255 e. The first-order chi connectivity index (χ1) is 10.0. The highest BCUT2D eigenvalue weighted by Crippen LogP contribution is 2.24. The fraction of sp³-hybridized carbons (Fsp3) is 0.333. The summed E-state index contributed by atoms with van der Waals surface area (Å²) in [7, 11) is 0. The van der Waals surface area contributed by atoms with E-state index in [2.05, 4.69) is 14.9 Å². The fourth-order valence-corrected chi connectivity index (χ4v) is 2.88. The highest BCUT2D eigenvalue weighted by atomic mass is 35.5. The van der Waals surface area contributed by atoms with Crippen molar-refractivity contribution in [1.82, 2.24) is 14.9 Å². The van der Waals surface area contributed by atoms with Gasteiger partial charge in [-0.1, -0.05) is 17.7 Å². The lowest BCUT2D eigenvalue weighted by Crippen LogP contribution is -2.35. The van der Waals surface area contributed by atoms with Gasteiger partial charge in [0.2, 0.25) is 0 Å². The predicted octanol–water partition coefficient (Wildman–Crippen LogP) is 2.00. The van der Waals surface area contributed by atoms with Crippen LogP contribution >= 0.6 is 11.6 Å². The lowest BCUT2D eigenvalue weighted by molar-refractivity contribution is 0.241. The number of H-pyrrole nitrogens is 1. The number of fused-ring (bicyclic) bond motifs is 1. The van der Waals surface area contributed by atoms with Crippen molar-refractivity contribution < 1.29 is 5.11 Å². The van der Waals surface area contributed by atoms with Crippen molar-refractivity contribution in [3.05, 3.63) is 56.2 Å². The van der Waals surface area contributed by atoms with E-state index in [0.717, 1.165) is 29.8 Å². The summed E-state index contributed by atoms with van der Waals surface area (Å²) in [5.74, 6) is 0.817. The molecule has 0 radical (unpaired) electrons. The van der Waals surface area contributed by atoms with Crippen molar-refractivity contribution in [2.24, 2.45) is 0 Å². The Hall–Kier alpha value is -1.85. The molecule has 0 aliphatic carbocycles. The molecule has 2 N–H and O–H groups in total. The first-order valence-corrected chi connectivity index (χ1v) is 7.19. The number of nitrogens with zero attached hydrogens (tertiary/aromatic N) is 2. The second-order valence-corrected chi connectivity index (χ2v) is 5.72. The Labute approximate surface area is 127 Å². The van der Waals surface area contributed by atoms with Crippen LogP contribution in [0.1, 0.15) is 22.6 Å². The lowest BCUT2D eigenvalue weighted by atomic mass is 10.1. The first kappa shape index (κ1) is 14.1. The van der Waals surface area contributed by atoms with Gasteiger partial charge in [-0.3, -0.25) is 9.69 Å². The molecule has 21 heavy (non-hydrogen) atoms. The third-order valence-electron chi connectivity index (χ3n) is 3.70. The van der Waals surface area contributed by atoms with Gasteiger partial charge in [-0.05, 0) is 24.6 Å². The molecule has 0 unspecified atom stereocenters. The zero-order valence-electron chi connectivity index (χ0n) is 11.7. The molecule has 1 aliphatic heterocycles. The zero-order valence-corrected chi connectivity index (χ0v) is 12.4. The van der Waals surface area contributed by atoms with Crippen LogP contribution < -0.4 is 5.56 Å². The third kappa shape index (κ3) is 2.94. The molecule has 0 saturated heterocycles. The summed E-state index contributed by atoms with van der Waals surface area (Å²) in [6.07, 6.45) is 0.760. The molecule has 1 aromatic heterocycles. The average molecular weight is 306 g/mol. The summed E-state index contributed by atoms with van der Waals surface area (Å²) in [6, 6.07) is 4.97. The number of phenolic OH excluding ortho intramolecular Hbond substituents is 1. The number of phenols is 1. The Morgan fingerprint density at radius 3 is 3.05 bits per heavy atom. The van der Waals surface area contributed by atoms with Crippen molar-refractivity contribution in [2.75, 3.05) is 6.54 Å². The molecule has 110 valence electrons. The van der Waals surface area contributed by atoms with Gasteiger partial charge in [-0.25, -0.2) is 4.98 Å². The number of benzene rings is 1. The molecule has 3 rings (SSSR count). The van der Waals surface area contributed by atoms with Gasteiger partial charge < -0.3 is 10.1 Å². The number of aryl methyl sites for hydroxylation is 1. The normalized spacial score (nSPS) is 15.0. The van der Waals surface area contributed by atoms with E-state index in [1.54, 1.807) is 13.0 Å². The molecule has 0 amide bonds. The molecule has 0 fully saturated rings. The summed E-state index contributed by atoms with van der Waals surface area (Å²) >= 11 is 6.13. The number of nitrogens with one attached hydrogen (secondary N) is 1. The van der Waals surface area contributed by atoms with Crippen molar-refractivity contribution in [3.63, 3.8) is 0 Å². The molecule has 1 aromatic carbocycles. The first-order valence-electron chi connectivity index (χ1n) is 6.81. The van der Waals surface area contributed by atoms with E-state index in [1.807, 2.05) is 6.07 Å². The van der Waals surface area contributed by atoms with Gasteiger partial charge in [0.05, 0.1) is 11.3 Å². The second-order valence-electron chi connectivity index (χ2n) is 5.31. The van der Waals surface area contributed by atoms with Gasteiger partial charge >= 0.3 is 0 Å². The van der Waals surface area contributed by atoms with Crippen LogP contribution in [0.4, 0.5) is 0 Å². The molecule has 0 saturated carbocycles. The molecule has 5 nitrogen and oxygen atoms in total. The number of aromatic hydroxyl groups is 1. The molecule has 2 aromatic rings. The highest BCUT2D eigenvalue weighted by Gasteiger charge is 2.21.